The highest BCUT2D eigenvalue weighted by Gasteiger charge is 2.19. The van der Waals surface area contributed by atoms with Gasteiger partial charge in [0, 0.05) is 45.9 Å². The number of carbonyl (C=O) groups excluding carboxylic acids is 1. The van der Waals surface area contributed by atoms with E-state index in [1.54, 1.807) is 19.2 Å². The van der Waals surface area contributed by atoms with E-state index in [-0.39, 0.29) is 5.76 Å². The molecule has 1 aliphatic heterocycles. The number of rotatable bonds is 9. The molecule has 0 bridgehead atoms. The smallest absolute Gasteiger partial charge is 0.284 e. The van der Waals surface area contributed by atoms with Gasteiger partial charge in [0.25, 0.3) is 5.91 Å². The van der Waals surface area contributed by atoms with Crippen molar-refractivity contribution in [1.82, 2.24) is 15.5 Å². The number of nitrogens with one attached hydrogen (secondary N) is 2. The number of likely N-dealkylation sites (tertiary alicyclic amines) is 1. The fraction of sp³-hybridized carbons (Fsp3) is 0.667. The van der Waals surface area contributed by atoms with Crippen molar-refractivity contribution < 1.29 is 13.9 Å². The fourth-order valence-electron chi connectivity index (χ4n) is 3.00. The first-order valence-corrected chi connectivity index (χ1v) is 9.27. The van der Waals surface area contributed by atoms with Gasteiger partial charge < -0.3 is 30.4 Å². The lowest BCUT2D eigenvalue weighted by Gasteiger charge is -2.33. The minimum atomic E-state index is -0.567. The number of ether oxygens (including phenoxy) is 1. The highest BCUT2D eigenvalue weighted by atomic mass is 16.5. The van der Waals surface area contributed by atoms with Gasteiger partial charge in [-0.3, -0.25) is 4.79 Å². The zero-order valence-corrected chi connectivity index (χ0v) is 15.8. The molecule has 146 valence electrons. The molecule has 0 spiro atoms. The number of carbonyl (C=O) groups is 1. The van der Waals surface area contributed by atoms with E-state index in [4.69, 9.17) is 14.9 Å². The minimum absolute atomic E-state index is 0.161. The number of piperidine rings is 1. The van der Waals surface area contributed by atoms with Crippen LogP contribution >= 0.6 is 0 Å². The second kappa shape index (κ2) is 10.8. The summed E-state index contributed by atoms with van der Waals surface area (Å²) in [5, 5.41) is 6.76. The van der Waals surface area contributed by atoms with E-state index in [1.165, 1.54) is 0 Å². The number of aliphatic imine (C=N–C) groups is 1. The Morgan fingerprint density at radius 2 is 2.19 bits per heavy atom. The Labute approximate surface area is 155 Å². The molecule has 2 rings (SSSR count). The molecule has 1 aliphatic rings. The minimum Gasteiger partial charge on any atom is -0.454 e. The Morgan fingerprint density at radius 3 is 2.81 bits per heavy atom. The molecule has 26 heavy (non-hydrogen) atoms. The van der Waals surface area contributed by atoms with Gasteiger partial charge in [-0.1, -0.05) is 0 Å². The fourth-order valence-corrected chi connectivity index (χ4v) is 3.00. The van der Waals surface area contributed by atoms with Crippen molar-refractivity contribution in [2.24, 2.45) is 10.7 Å². The number of hydrogen-bond donors (Lipinski definition) is 3. The van der Waals surface area contributed by atoms with Crippen LogP contribution in [0.25, 0.3) is 0 Å². The number of amides is 1. The quantitative estimate of drug-likeness (QED) is 0.342. The SMILES string of the molecule is CCNC(=NCc1ccc(C(N)=O)o1)NC1CCN(CCCOC)CC1. The molecular weight excluding hydrogens is 334 g/mol. The van der Waals surface area contributed by atoms with Crippen LogP contribution in [0.1, 0.15) is 42.5 Å². The Bertz CT molecular complexity index is 579. The van der Waals surface area contributed by atoms with Gasteiger partial charge in [-0.15, -0.1) is 0 Å². The zero-order chi connectivity index (χ0) is 18.8. The molecule has 1 fully saturated rings. The summed E-state index contributed by atoms with van der Waals surface area (Å²) >= 11 is 0. The summed E-state index contributed by atoms with van der Waals surface area (Å²) in [7, 11) is 1.75. The van der Waals surface area contributed by atoms with Crippen LogP contribution in [-0.2, 0) is 11.3 Å². The summed E-state index contributed by atoms with van der Waals surface area (Å²) in [6.45, 7) is 7.26. The van der Waals surface area contributed by atoms with Crippen molar-refractivity contribution in [2.75, 3.05) is 39.9 Å². The Morgan fingerprint density at radius 1 is 1.42 bits per heavy atom. The monoisotopic (exact) mass is 365 g/mol. The number of methoxy groups -OCH3 is 1. The molecule has 1 amide bonds. The molecule has 4 N–H and O–H groups in total. The molecule has 8 nitrogen and oxygen atoms in total. The maximum atomic E-state index is 11.1. The predicted octanol–water partition coefficient (Wildman–Crippen LogP) is 0.935. The third-order valence-electron chi connectivity index (χ3n) is 4.39. The van der Waals surface area contributed by atoms with Gasteiger partial charge >= 0.3 is 0 Å². The first-order chi connectivity index (χ1) is 12.6. The highest BCUT2D eigenvalue weighted by Crippen LogP contribution is 2.11. The molecular formula is C18H31N5O3. The van der Waals surface area contributed by atoms with Gasteiger partial charge in [0.2, 0.25) is 0 Å². The van der Waals surface area contributed by atoms with E-state index in [0.29, 0.717) is 18.3 Å². The van der Waals surface area contributed by atoms with Crippen LogP contribution in [0.3, 0.4) is 0 Å². The van der Waals surface area contributed by atoms with Crippen LogP contribution in [0.5, 0.6) is 0 Å². The van der Waals surface area contributed by atoms with Crippen LogP contribution in [0.4, 0.5) is 0 Å². The van der Waals surface area contributed by atoms with Crippen LogP contribution in [0, 0.1) is 0 Å². The summed E-state index contributed by atoms with van der Waals surface area (Å²) in [6, 6.07) is 3.71. The van der Waals surface area contributed by atoms with E-state index < -0.39 is 5.91 Å². The number of guanidine groups is 1. The average Bonchev–Trinajstić information content (AvgIpc) is 3.11. The molecule has 1 aromatic rings. The zero-order valence-electron chi connectivity index (χ0n) is 15.8. The third kappa shape index (κ3) is 6.68. The van der Waals surface area contributed by atoms with Crippen molar-refractivity contribution in [3.05, 3.63) is 23.7 Å². The van der Waals surface area contributed by atoms with Crippen LogP contribution in [0.15, 0.2) is 21.5 Å². The van der Waals surface area contributed by atoms with Gasteiger partial charge in [-0.25, -0.2) is 4.99 Å². The van der Waals surface area contributed by atoms with Crippen LogP contribution in [-0.4, -0.2) is 62.7 Å². The van der Waals surface area contributed by atoms with E-state index in [1.807, 2.05) is 6.92 Å². The molecule has 0 atom stereocenters. The third-order valence-corrected chi connectivity index (χ3v) is 4.39. The van der Waals surface area contributed by atoms with Crippen LogP contribution in [0.2, 0.25) is 0 Å². The Kier molecular flexibility index (Phi) is 8.43. The summed E-state index contributed by atoms with van der Waals surface area (Å²) in [5.41, 5.74) is 5.20. The number of hydrogen-bond acceptors (Lipinski definition) is 5. The summed E-state index contributed by atoms with van der Waals surface area (Å²) in [6.07, 6.45) is 3.25. The van der Waals surface area contributed by atoms with E-state index in [2.05, 4.69) is 20.5 Å². The number of furan rings is 1. The lowest BCUT2D eigenvalue weighted by Crippen LogP contribution is -2.48. The van der Waals surface area contributed by atoms with Gasteiger partial charge in [0.1, 0.15) is 12.3 Å². The van der Waals surface area contributed by atoms with Gasteiger partial charge in [-0.2, -0.15) is 0 Å². The molecule has 0 aromatic carbocycles. The topological polar surface area (TPSA) is 105 Å². The van der Waals surface area contributed by atoms with Crippen molar-refractivity contribution in [3.8, 4) is 0 Å². The molecule has 0 aliphatic carbocycles. The molecule has 1 aromatic heterocycles. The van der Waals surface area contributed by atoms with E-state index in [9.17, 15) is 4.79 Å². The Hall–Kier alpha value is -2.06. The molecule has 1 saturated heterocycles. The second-order valence-electron chi connectivity index (χ2n) is 6.43. The summed E-state index contributed by atoms with van der Waals surface area (Å²) < 4.78 is 10.5. The number of nitrogens with zero attached hydrogens (tertiary/aromatic N) is 2. The normalized spacial score (nSPS) is 16.6. The molecule has 0 saturated carbocycles. The number of primary amides is 1. The lowest BCUT2D eigenvalue weighted by molar-refractivity contribution is 0.0972. The molecule has 2 heterocycles. The summed E-state index contributed by atoms with van der Waals surface area (Å²) in [5.74, 6) is 0.975. The Balaban J connectivity index is 1.81. The standard InChI is InChI=1S/C18H31N5O3/c1-3-20-18(21-13-15-5-6-16(26-15)17(19)24)22-14-7-10-23(11-8-14)9-4-12-25-2/h5-6,14H,3-4,7-13H2,1-2H3,(H2,19,24)(H2,20,21,22). The number of nitrogens with two attached hydrogens (primary N) is 1. The molecule has 0 unspecified atom stereocenters. The largest absolute Gasteiger partial charge is 0.454 e. The van der Waals surface area contributed by atoms with Gasteiger partial charge in [-0.05, 0) is 38.3 Å². The lowest BCUT2D eigenvalue weighted by atomic mass is 10.1. The first-order valence-electron chi connectivity index (χ1n) is 9.27. The van der Waals surface area contributed by atoms with E-state index >= 15 is 0 Å². The maximum Gasteiger partial charge on any atom is 0.284 e. The van der Waals surface area contributed by atoms with Gasteiger partial charge in [0.05, 0.1) is 0 Å². The molecule has 8 heteroatoms. The first kappa shape index (κ1) is 20.3. The van der Waals surface area contributed by atoms with E-state index in [0.717, 1.165) is 58.0 Å². The molecule has 0 radical (unpaired) electrons. The predicted molar refractivity (Wildman–Crippen MR) is 101 cm³/mol. The van der Waals surface area contributed by atoms with Crippen LogP contribution < -0.4 is 16.4 Å². The maximum absolute atomic E-state index is 11.1. The van der Waals surface area contributed by atoms with Crippen molar-refractivity contribution >= 4 is 11.9 Å². The second-order valence-corrected chi connectivity index (χ2v) is 6.43. The highest BCUT2D eigenvalue weighted by molar-refractivity contribution is 5.89. The summed E-state index contributed by atoms with van der Waals surface area (Å²) in [4.78, 5) is 18.1. The van der Waals surface area contributed by atoms with Gasteiger partial charge in [0.15, 0.2) is 11.7 Å². The van der Waals surface area contributed by atoms with Crippen molar-refractivity contribution in [1.29, 1.82) is 0 Å². The van der Waals surface area contributed by atoms with Crippen molar-refractivity contribution in [2.45, 2.75) is 38.8 Å². The average molecular weight is 365 g/mol. The van der Waals surface area contributed by atoms with Crippen molar-refractivity contribution in [3.63, 3.8) is 0 Å².